The summed E-state index contributed by atoms with van der Waals surface area (Å²) >= 11 is 5.81. The van der Waals surface area contributed by atoms with E-state index in [1.54, 1.807) is 0 Å². The summed E-state index contributed by atoms with van der Waals surface area (Å²) in [5.41, 5.74) is 0.357. The molecule has 0 radical (unpaired) electrons. The third kappa shape index (κ3) is 4.92. The number of imide groups is 1. The molecular weight excluding hydrogens is 450 g/mol. The van der Waals surface area contributed by atoms with Crippen LogP contribution in [0.3, 0.4) is 0 Å². The molecular formula is C21H15ClF2N2O6. The van der Waals surface area contributed by atoms with Gasteiger partial charge in [-0.1, -0.05) is 17.7 Å². The molecule has 0 spiro atoms. The Morgan fingerprint density at radius 1 is 1.12 bits per heavy atom. The van der Waals surface area contributed by atoms with Gasteiger partial charge in [0.05, 0.1) is 21.7 Å². The van der Waals surface area contributed by atoms with E-state index >= 15 is 0 Å². The fourth-order valence-electron chi connectivity index (χ4n) is 2.89. The lowest BCUT2D eigenvalue weighted by atomic mass is 10.1. The highest BCUT2D eigenvalue weighted by atomic mass is 35.5. The van der Waals surface area contributed by atoms with Gasteiger partial charge in [0, 0.05) is 12.2 Å². The number of fused-ring (bicyclic) bond motifs is 1. The molecule has 1 heterocycles. The second-order valence-electron chi connectivity index (χ2n) is 6.42. The first-order valence-corrected chi connectivity index (χ1v) is 9.41. The predicted molar refractivity (Wildman–Crippen MR) is 109 cm³/mol. The number of carbonyl (C=O) groups excluding carboxylic acids is 4. The van der Waals surface area contributed by atoms with Crippen LogP contribution < -0.4 is 10.1 Å². The molecule has 8 nitrogen and oxygen atoms in total. The molecule has 2 aromatic rings. The Balaban J connectivity index is 1.60. The van der Waals surface area contributed by atoms with Crippen LogP contribution >= 0.6 is 11.6 Å². The number of anilines is 1. The fourth-order valence-corrected chi connectivity index (χ4v) is 3.12. The summed E-state index contributed by atoms with van der Waals surface area (Å²) in [6, 6.07) is 7.48. The van der Waals surface area contributed by atoms with Crippen molar-refractivity contribution in [2.75, 3.05) is 18.5 Å². The molecule has 0 saturated heterocycles. The maximum Gasteiger partial charge on any atom is 0.387 e. The summed E-state index contributed by atoms with van der Waals surface area (Å²) in [4.78, 5) is 49.8. The number of amides is 3. The van der Waals surface area contributed by atoms with Gasteiger partial charge in [-0.3, -0.25) is 19.3 Å². The van der Waals surface area contributed by atoms with E-state index in [4.69, 9.17) is 16.3 Å². The van der Waals surface area contributed by atoms with E-state index in [2.05, 4.69) is 16.6 Å². The molecule has 1 aliphatic heterocycles. The second-order valence-corrected chi connectivity index (χ2v) is 6.83. The summed E-state index contributed by atoms with van der Waals surface area (Å²) < 4.78 is 33.6. The van der Waals surface area contributed by atoms with Gasteiger partial charge >= 0.3 is 12.6 Å². The Morgan fingerprint density at radius 3 is 2.50 bits per heavy atom. The number of esters is 1. The monoisotopic (exact) mass is 464 g/mol. The van der Waals surface area contributed by atoms with Crippen LogP contribution in [0.4, 0.5) is 14.5 Å². The first-order valence-electron chi connectivity index (χ1n) is 9.03. The molecule has 0 unspecified atom stereocenters. The molecule has 0 fully saturated rings. The van der Waals surface area contributed by atoms with E-state index in [9.17, 15) is 28.0 Å². The predicted octanol–water partition coefficient (Wildman–Crippen LogP) is 3.52. The molecule has 3 rings (SSSR count). The Bertz CT molecular complexity index is 1120. The van der Waals surface area contributed by atoms with Crippen molar-refractivity contribution in [2.45, 2.75) is 6.61 Å². The first-order chi connectivity index (χ1) is 15.2. The van der Waals surface area contributed by atoms with Crippen LogP contribution in [0.5, 0.6) is 5.75 Å². The second kappa shape index (κ2) is 9.56. The Kier molecular flexibility index (Phi) is 6.84. The molecule has 0 aromatic heterocycles. The summed E-state index contributed by atoms with van der Waals surface area (Å²) in [6.07, 6.45) is 1.40. The van der Waals surface area contributed by atoms with Crippen molar-refractivity contribution in [2.24, 2.45) is 0 Å². The van der Waals surface area contributed by atoms with E-state index < -0.39 is 36.9 Å². The van der Waals surface area contributed by atoms with Gasteiger partial charge in [0.1, 0.15) is 5.75 Å². The summed E-state index contributed by atoms with van der Waals surface area (Å²) in [5, 5.41) is 2.24. The normalized spacial score (nSPS) is 12.6. The molecule has 1 N–H and O–H groups in total. The number of nitrogens with zero attached hydrogens (tertiary/aromatic N) is 1. The van der Waals surface area contributed by atoms with Crippen molar-refractivity contribution in [3.05, 3.63) is 70.8 Å². The number of alkyl halides is 2. The molecule has 11 heteroatoms. The van der Waals surface area contributed by atoms with Crippen molar-refractivity contribution in [1.29, 1.82) is 0 Å². The Morgan fingerprint density at radius 2 is 1.84 bits per heavy atom. The summed E-state index contributed by atoms with van der Waals surface area (Å²) in [6.45, 7) is -0.195. The van der Waals surface area contributed by atoms with Crippen LogP contribution in [0.1, 0.15) is 31.1 Å². The summed E-state index contributed by atoms with van der Waals surface area (Å²) in [7, 11) is 0. The first kappa shape index (κ1) is 22.9. The van der Waals surface area contributed by atoms with E-state index in [0.717, 1.165) is 11.0 Å². The van der Waals surface area contributed by atoms with Crippen LogP contribution in [-0.2, 0) is 9.53 Å². The third-order valence-corrected chi connectivity index (χ3v) is 4.58. The topological polar surface area (TPSA) is 102 Å². The van der Waals surface area contributed by atoms with Crippen molar-refractivity contribution < 1.29 is 37.4 Å². The highest BCUT2D eigenvalue weighted by molar-refractivity contribution is 6.32. The van der Waals surface area contributed by atoms with Crippen LogP contribution in [0.2, 0.25) is 5.02 Å². The number of halogens is 3. The lowest BCUT2D eigenvalue weighted by Crippen LogP contribution is -2.29. The van der Waals surface area contributed by atoms with Crippen molar-refractivity contribution in [1.82, 2.24) is 4.90 Å². The van der Waals surface area contributed by atoms with Gasteiger partial charge in [-0.05, 0) is 36.4 Å². The minimum absolute atomic E-state index is 0.0188. The van der Waals surface area contributed by atoms with E-state index in [0.29, 0.717) is 0 Å². The number of nitrogens with one attached hydrogen (secondary N) is 1. The van der Waals surface area contributed by atoms with Crippen molar-refractivity contribution in [3.8, 4) is 5.75 Å². The molecule has 0 bridgehead atoms. The van der Waals surface area contributed by atoms with Gasteiger partial charge in [0.15, 0.2) is 6.61 Å². The SMILES string of the molecule is C=CCN1C(=O)c2ccc(C(=O)OCC(=O)Nc3ccc(OC(F)F)c(Cl)c3)cc2C1=O. The zero-order valence-electron chi connectivity index (χ0n) is 16.3. The molecule has 1 aliphatic rings. The van der Waals surface area contributed by atoms with Crippen LogP contribution in [0, 0.1) is 0 Å². The van der Waals surface area contributed by atoms with Gasteiger partial charge < -0.3 is 14.8 Å². The zero-order valence-corrected chi connectivity index (χ0v) is 17.0. The number of hydrogen-bond donors (Lipinski definition) is 1. The quantitative estimate of drug-likeness (QED) is 0.364. The minimum atomic E-state index is -3.05. The van der Waals surface area contributed by atoms with Gasteiger partial charge in [-0.25, -0.2) is 4.79 Å². The summed E-state index contributed by atoms with van der Waals surface area (Å²) in [5.74, 6) is -2.92. The smallest absolute Gasteiger partial charge is 0.387 e. The molecule has 166 valence electrons. The number of hydrogen-bond acceptors (Lipinski definition) is 6. The number of ether oxygens (including phenoxy) is 2. The highest BCUT2D eigenvalue weighted by Gasteiger charge is 2.35. The Hall–Kier alpha value is -3.79. The Labute approximate surface area is 185 Å². The standard InChI is InChI=1S/C21H15ClF2N2O6/c1-2-7-26-18(28)13-5-3-11(8-14(13)19(26)29)20(30)31-10-17(27)25-12-4-6-16(15(22)9-12)32-21(23)24/h2-6,8-9,21H,1,7,10H2,(H,25,27). The zero-order chi connectivity index (χ0) is 23.4. The molecule has 0 atom stereocenters. The largest absolute Gasteiger partial charge is 0.452 e. The van der Waals surface area contributed by atoms with Gasteiger partial charge in [-0.15, -0.1) is 6.58 Å². The number of benzene rings is 2. The lowest BCUT2D eigenvalue weighted by Gasteiger charge is -2.10. The van der Waals surface area contributed by atoms with Crippen molar-refractivity contribution >= 4 is 41.0 Å². The highest BCUT2D eigenvalue weighted by Crippen LogP contribution is 2.29. The molecule has 0 saturated carbocycles. The van der Waals surface area contributed by atoms with E-state index in [-0.39, 0.29) is 39.7 Å². The van der Waals surface area contributed by atoms with Gasteiger partial charge in [0.25, 0.3) is 17.7 Å². The van der Waals surface area contributed by atoms with Crippen LogP contribution in [0.15, 0.2) is 49.1 Å². The lowest BCUT2D eigenvalue weighted by molar-refractivity contribution is -0.119. The molecule has 0 aliphatic carbocycles. The van der Waals surface area contributed by atoms with Gasteiger partial charge in [-0.2, -0.15) is 8.78 Å². The average molecular weight is 465 g/mol. The molecule has 2 aromatic carbocycles. The molecule has 3 amide bonds. The van der Waals surface area contributed by atoms with Crippen LogP contribution in [-0.4, -0.2) is 48.4 Å². The maximum atomic E-state index is 12.3. The minimum Gasteiger partial charge on any atom is -0.452 e. The number of carbonyl (C=O) groups is 4. The number of rotatable bonds is 8. The van der Waals surface area contributed by atoms with Crippen LogP contribution in [0.25, 0.3) is 0 Å². The fraction of sp³-hybridized carbons (Fsp3) is 0.143. The van der Waals surface area contributed by atoms with E-state index in [1.807, 2.05) is 0 Å². The third-order valence-electron chi connectivity index (χ3n) is 4.28. The average Bonchev–Trinajstić information content (AvgIpc) is 2.98. The van der Waals surface area contributed by atoms with Gasteiger partial charge in [0.2, 0.25) is 0 Å². The maximum absolute atomic E-state index is 12.3. The molecule has 32 heavy (non-hydrogen) atoms. The van der Waals surface area contributed by atoms with E-state index in [1.165, 1.54) is 36.4 Å². The van der Waals surface area contributed by atoms with Crippen molar-refractivity contribution in [3.63, 3.8) is 0 Å².